The van der Waals surface area contributed by atoms with Gasteiger partial charge in [-0.2, -0.15) is 13.2 Å². The fourth-order valence-electron chi connectivity index (χ4n) is 3.96. The molecular weight excluding hydrogens is 419 g/mol. The first-order valence-corrected chi connectivity index (χ1v) is 10.7. The Morgan fingerprint density at radius 3 is 2.47 bits per heavy atom. The lowest BCUT2D eigenvalue weighted by atomic mass is 10.1. The van der Waals surface area contributed by atoms with Crippen LogP contribution in [0.25, 0.3) is 10.9 Å². The number of fused-ring (bicyclic) bond motifs is 1. The fourth-order valence-corrected chi connectivity index (χ4v) is 3.96. The van der Waals surface area contributed by atoms with Crippen LogP contribution in [0.3, 0.4) is 0 Å². The highest BCUT2D eigenvalue weighted by Crippen LogP contribution is 2.33. The molecule has 32 heavy (non-hydrogen) atoms. The number of halogens is 3. The van der Waals surface area contributed by atoms with Gasteiger partial charge in [0, 0.05) is 30.6 Å². The molecule has 0 unspecified atom stereocenters. The maximum atomic E-state index is 13.1. The van der Waals surface area contributed by atoms with Crippen molar-refractivity contribution in [3.63, 3.8) is 0 Å². The number of hydrogen-bond acceptors (Lipinski definition) is 3. The molecule has 3 aromatic rings. The van der Waals surface area contributed by atoms with Gasteiger partial charge in [0.15, 0.2) is 0 Å². The second kappa shape index (κ2) is 10.1. The van der Waals surface area contributed by atoms with Gasteiger partial charge in [0.1, 0.15) is 5.82 Å². The van der Waals surface area contributed by atoms with Crippen molar-refractivity contribution in [3.8, 4) is 0 Å². The summed E-state index contributed by atoms with van der Waals surface area (Å²) in [5.74, 6) is -0.322. The largest absolute Gasteiger partial charge is 0.481 e. The molecule has 0 radical (unpaired) electrons. The fraction of sp³-hybridized carbons (Fsp3) is 0.375. The first kappa shape index (κ1) is 23.7. The van der Waals surface area contributed by atoms with E-state index in [2.05, 4.69) is 24.1 Å². The summed E-state index contributed by atoms with van der Waals surface area (Å²) in [7, 11) is 0. The van der Waals surface area contributed by atoms with E-state index in [1.54, 1.807) is 6.07 Å². The smallest absolute Gasteiger partial charge is 0.416 e. The van der Waals surface area contributed by atoms with Gasteiger partial charge >= 0.3 is 12.1 Å². The van der Waals surface area contributed by atoms with Crippen LogP contribution in [0, 0.1) is 0 Å². The first-order valence-electron chi connectivity index (χ1n) is 10.7. The third-order valence-electron chi connectivity index (χ3n) is 5.65. The van der Waals surface area contributed by atoms with Crippen LogP contribution in [0.5, 0.6) is 0 Å². The summed E-state index contributed by atoms with van der Waals surface area (Å²) in [6, 6.07) is 12.8. The number of carboxylic acid groups (broad SMARTS) is 1. The molecule has 8 heteroatoms. The number of nitrogens with zero attached hydrogens (tertiary/aromatic N) is 2. The van der Waals surface area contributed by atoms with E-state index in [0.717, 1.165) is 42.7 Å². The summed E-state index contributed by atoms with van der Waals surface area (Å²) in [5, 5.41) is 13.6. The molecule has 0 amide bonds. The average Bonchev–Trinajstić information content (AvgIpc) is 3.05. The Labute approximate surface area is 185 Å². The maximum Gasteiger partial charge on any atom is 0.416 e. The van der Waals surface area contributed by atoms with Crippen molar-refractivity contribution in [3.05, 3.63) is 65.2 Å². The maximum absolute atomic E-state index is 13.1. The molecule has 3 rings (SSSR count). The monoisotopic (exact) mass is 447 g/mol. The summed E-state index contributed by atoms with van der Waals surface area (Å²) in [6.45, 7) is 7.51. The highest BCUT2D eigenvalue weighted by molar-refractivity contribution is 5.93. The van der Waals surface area contributed by atoms with Crippen molar-refractivity contribution in [1.29, 1.82) is 0 Å². The predicted octanol–water partition coefficient (Wildman–Crippen LogP) is 5.24. The molecule has 0 saturated carbocycles. The molecule has 5 nitrogen and oxygen atoms in total. The molecule has 0 aliphatic heterocycles. The molecule has 1 heterocycles. The highest BCUT2D eigenvalue weighted by Gasteiger charge is 2.30. The van der Waals surface area contributed by atoms with Gasteiger partial charge in [0.05, 0.1) is 17.5 Å². The lowest BCUT2D eigenvalue weighted by Crippen LogP contribution is -2.27. The topological polar surface area (TPSA) is 57.5 Å². The Hall–Kier alpha value is -3.00. The van der Waals surface area contributed by atoms with Gasteiger partial charge in [0.25, 0.3) is 0 Å². The zero-order chi connectivity index (χ0) is 23.3. The van der Waals surface area contributed by atoms with Gasteiger partial charge in [0.2, 0.25) is 0 Å². The molecule has 0 fully saturated rings. The molecule has 0 saturated heterocycles. The number of benzene rings is 2. The van der Waals surface area contributed by atoms with Crippen LogP contribution in [0.4, 0.5) is 19.0 Å². The number of carboxylic acids is 1. The Kier molecular flexibility index (Phi) is 7.45. The molecule has 0 aliphatic rings. The molecular formula is C24H28F3N3O2. The molecule has 0 spiro atoms. The number of para-hydroxylation sites is 1. The minimum absolute atomic E-state index is 0.151. The molecule has 2 aromatic carbocycles. The third-order valence-corrected chi connectivity index (χ3v) is 5.65. The van der Waals surface area contributed by atoms with E-state index in [1.165, 1.54) is 6.07 Å². The number of aromatic nitrogens is 1. The van der Waals surface area contributed by atoms with Crippen molar-refractivity contribution in [2.75, 3.05) is 25.0 Å². The Morgan fingerprint density at radius 2 is 1.81 bits per heavy atom. The van der Waals surface area contributed by atoms with E-state index in [1.807, 2.05) is 28.8 Å². The minimum atomic E-state index is -4.41. The molecule has 0 bridgehead atoms. The van der Waals surface area contributed by atoms with Crippen molar-refractivity contribution in [2.24, 2.45) is 0 Å². The molecule has 172 valence electrons. The number of alkyl halides is 3. The summed E-state index contributed by atoms with van der Waals surface area (Å²) in [6.07, 6.45) is -4.59. The third kappa shape index (κ3) is 5.43. The van der Waals surface area contributed by atoms with Crippen LogP contribution in [0.15, 0.2) is 48.5 Å². The summed E-state index contributed by atoms with van der Waals surface area (Å²) >= 11 is 0. The average molecular weight is 448 g/mol. The van der Waals surface area contributed by atoms with Crippen LogP contribution in [-0.4, -0.2) is 40.2 Å². The van der Waals surface area contributed by atoms with Crippen LogP contribution in [0.2, 0.25) is 0 Å². The van der Waals surface area contributed by atoms with Gasteiger partial charge in [-0.1, -0.05) is 44.2 Å². The summed E-state index contributed by atoms with van der Waals surface area (Å²) in [4.78, 5) is 13.9. The van der Waals surface area contributed by atoms with E-state index < -0.39 is 17.7 Å². The molecule has 2 N–H and O–H groups in total. The zero-order valence-electron chi connectivity index (χ0n) is 18.2. The summed E-state index contributed by atoms with van der Waals surface area (Å²) < 4.78 is 41.3. The quantitative estimate of drug-likeness (QED) is 0.446. The van der Waals surface area contributed by atoms with Gasteiger partial charge in [-0.15, -0.1) is 0 Å². The van der Waals surface area contributed by atoms with Crippen molar-refractivity contribution < 1.29 is 23.1 Å². The van der Waals surface area contributed by atoms with Gasteiger partial charge in [-0.25, -0.2) is 0 Å². The normalized spacial score (nSPS) is 11.9. The lowest BCUT2D eigenvalue weighted by Gasteiger charge is -2.21. The van der Waals surface area contributed by atoms with Crippen LogP contribution in [-0.2, 0) is 30.5 Å². The SMILES string of the molecule is CCN(CC)CCn1c(NCc2cccc(C(F)(F)F)c2)c(CC(=O)O)c2ccccc21. The number of hydrogen-bond donors (Lipinski definition) is 2. The summed E-state index contributed by atoms with van der Waals surface area (Å²) in [5.41, 5.74) is 1.31. The molecule has 0 aliphatic carbocycles. The number of nitrogens with one attached hydrogen (secondary N) is 1. The second-order valence-corrected chi connectivity index (χ2v) is 7.65. The Morgan fingerprint density at radius 1 is 1.09 bits per heavy atom. The number of aliphatic carboxylic acids is 1. The van der Waals surface area contributed by atoms with Crippen LogP contribution in [0.1, 0.15) is 30.5 Å². The Bertz CT molecular complexity index is 1070. The predicted molar refractivity (Wildman–Crippen MR) is 120 cm³/mol. The number of rotatable bonds is 10. The van der Waals surface area contributed by atoms with Gasteiger partial charge < -0.3 is 19.9 Å². The highest BCUT2D eigenvalue weighted by atomic mass is 19.4. The van der Waals surface area contributed by atoms with E-state index in [9.17, 15) is 23.1 Å². The van der Waals surface area contributed by atoms with E-state index in [4.69, 9.17) is 0 Å². The first-order chi connectivity index (χ1) is 15.2. The van der Waals surface area contributed by atoms with Gasteiger partial charge in [-0.3, -0.25) is 4.79 Å². The van der Waals surface area contributed by atoms with Crippen molar-refractivity contribution in [1.82, 2.24) is 9.47 Å². The standard InChI is InChI=1S/C24H28F3N3O2/c1-3-29(4-2)12-13-30-21-11-6-5-10-19(21)20(15-22(31)32)23(30)28-16-17-8-7-9-18(14-17)24(25,26)27/h5-11,14,28H,3-4,12-13,15-16H2,1-2H3,(H,31,32). The van der Waals surface area contributed by atoms with Gasteiger partial charge in [-0.05, 0) is 36.9 Å². The van der Waals surface area contributed by atoms with Crippen LogP contribution >= 0.6 is 0 Å². The number of likely N-dealkylation sites (N-methyl/N-ethyl adjacent to an activating group) is 1. The lowest BCUT2D eigenvalue weighted by molar-refractivity contribution is -0.138. The molecule has 0 atom stereocenters. The van der Waals surface area contributed by atoms with E-state index >= 15 is 0 Å². The molecule has 1 aromatic heterocycles. The minimum Gasteiger partial charge on any atom is -0.481 e. The number of anilines is 1. The van der Waals surface area contributed by atoms with E-state index in [0.29, 0.717) is 23.5 Å². The van der Waals surface area contributed by atoms with E-state index in [-0.39, 0.29) is 13.0 Å². The second-order valence-electron chi connectivity index (χ2n) is 7.65. The van der Waals surface area contributed by atoms with Crippen molar-refractivity contribution >= 4 is 22.7 Å². The van der Waals surface area contributed by atoms with Crippen LogP contribution < -0.4 is 5.32 Å². The van der Waals surface area contributed by atoms with Crippen molar-refractivity contribution in [2.45, 2.75) is 39.5 Å². The zero-order valence-corrected chi connectivity index (χ0v) is 18.2. The Balaban J connectivity index is 1.99. The number of carbonyl (C=O) groups is 1.